The Balaban J connectivity index is 1.62. The van der Waals surface area contributed by atoms with Crippen molar-refractivity contribution < 1.29 is 19.1 Å². The van der Waals surface area contributed by atoms with E-state index in [2.05, 4.69) is 15.5 Å². The zero-order chi connectivity index (χ0) is 21.7. The van der Waals surface area contributed by atoms with Gasteiger partial charge < -0.3 is 10.1 Å². The van der Waals surface area contributed by atoms with Gasteiger partial charge in [-0.3, -0.25) is 14.7 Å². The van der Waals surface area contributed by atoms with Crippen LogP contribution in [0, 0.1) is 5.92 Å². The van der Waals surface area contributed by atoms with Gasteiger partial charge in [-0.15, -0.1) is 0 Å². The molecule has 7 heteroatoms. The maximum Gasteiger partial charge on any atom is 0.357 e. The van der Waals surface area contributed by atoms with Crippen molar-refractivity contribution in [2.45, 2.75) is 26.9 Å². The number of carbonyl (C=O) groups excluding carboxylic acids is 3. The standard InChI is InChI=1S/C23H23N3O4/c1-14(2)22(28)24-18-11-9-17(10-12-18)21(27)15(3)30-23(29)20-13-19(25-26-20)16-7-5-4-6-8-16/h4-15H,1-3H3,(H,24,28)(H,25,26). The van der Waals surface area contributed by atoms with Gasteiger partial charge in [0.05, 0.1) is 5.69 Å². The van der Waals surface area contributed by atoms with Crippen molar-refractivity contribution >= 4 is 23.3 Å². The predicted octanol–water partition coefficient (Wildman–Crippen LogP) is 4.10. The number of aromatic amines is 1. The SMILES string of the molecule is CC(C)C(=O)Nc1ccc(C(=O)C(C)OC(=O)c2cc(-c3ccccc3)n[nH]2)cc1. The number of rotatable bonds is 7. The molecular weight excluding hydrogens is 382 g/mol. The molecule has 0 fully saturated rings. The van der Waals surface area contributed by atoms with Crippen LogP contribution < -0.4 is 5.32 Å². The number of hydrogen-bond acceptors (Lipinski definition) is 5. The molecule has 0 saturated heterocycles. The van der Waals surface area contributed by atoms with Crippen molar-refractivity contribution in [1.82, 2.24) is 10.2 Å². The Morgan fingerprint density at radius 2 is 1.63 bits per heavy atom. The number of ether oxygens (including phenoxy) is 1. The molecule has 0 radical (unpaired) electrons. The average Bonchev–Trinajstić information content (AvgIpc) is 3.25. The molecule has 0 aliphatic heterocycles. The molecule has 7 nitrogen and oxygen atoms in total. The lowest BCUT2D eigenvalue weighted by atomic mass is 10.1. The fourth-order valence-corrected chi connectivity index (χ4v) is 2.70. The van der Waals surface area contributed by atoms with Crippen LogP contribution in [0.15, 0.2) is 60.7 Å². The van der Waals surface area contributed by atoms with Crippen molar-refractivity contribution in [3.05, 3.63) is 71.9 Å². The number of H-pyrrole nitrogens is 1. The zero-order valence-corrected chi connectivity index (χ0v) is 17.0. The summed E-state index contributed by atoms with van der Waals surface area (Å²) >= 11 is 0. The number of amides is 1. The first-order valence-corrected chi connectivity index (χ1v) is 9.62. The molecule has 1 heterocycles. The van der Waals surface area contributed by atoms with Gasteiger partial charge in [0.15, 0.2) is 6.10 Å². The topological polar surface area (TPSA) is 101 Å². The van der Waals surface area contributed by atoms with Gasteiger partial charge in [-0.25, -0.2) is 4.79 Å². The maximum atomic E-state index is 12.6. The number of carbonyl (C=O) groups is 3. The first-order valence-electron chi connectivity index (χ1n) is 9.62. The van der Waals surface area contributed by atoms with Gasteiger partial charge in [0, 0.05) is 22.7 Å². The highest BCUT2D eigenvalue weighted by Gasteiger charge is 2.22. The lowest BCUT2D eigenvalue weighted by Crippen LogP contribution is -2.24. The van der Waals surface area contributed by atoms with Gasteiger partial charge in [0.1, 0.15) is 5.69 Å². The number of aromatic nitrogens is 2. The monoisotopic (exact) mass is 405 g/mol. The number of esters is 1. The minimum absolute atomic E-state index is 0.106. The summed E-state index contributed by atoms with van der Waals surface area (Å²) in [5, 5.41) is 9.52. The molecule has 0 spiro atoms. The van der Waals surface area contributed by atoms with Crippen LogP contribution in [0.2, 0.25) is 0 Å². The molecule has 0 aliphatic carbocycles. The fraction of sp³-hybridized carbons (Fsp3) is 0.217. The number of nitrogens with zero attached hydrogens (tertiary/aromatic N) is 1. The summed E-state index contributed by atoms with van der Waals surface area (Å²) in [6, 6.07) is 17.5. The maximum absolute atomic E-state index is 12.6. The molecule has 0 saturated carbocycles. The van der Waals surface area contributed by atoms with Crippen molar-refractivity contribution in [1.29, 1.82) is 0 Å². The Morgan fingerprint density at radius 3 is 2.27 bits per heavy atom. The molecule has 30 heavy (non-hydrogen) atoms. The molecule has 1 unspecified atom stereocenters. The van der Waals surface area contributed by atoms with E-state index in [-0.39, 0.29) is 23.3 Å². The lowest BCUT2D eigenvalue weighted by Gasteiger charge is -2.12. The van der Waals surface area contributed by atoms with Crippen molar-refractivity contribution in [3.8, 4) is 11.3 Å². The van der Waals surface area contributed by atoms with Gasteiger partial charge in [0.25, 0.3) is 0 Å². The van der Waals surface area contributed by atoms with Crippen LogP contribution in [0.5, 0.6) is 0 Å². The van der Waals surface area contributed by atoms with E-state index in [0.717, 1.165) is 5.56 Å². The molecule has 0 bridgehead atoms. The van der Waals surface area contributed by atoms with E-state index < -0.39 is 12.1 Å². The van der Waals surface area contributed by atoms with E-state index in [0.29, 0.717) is 16.9 Å². The second-order valence-electron chi connectivity index (χ2n) is 7.17. The summed E-state index contributed by atoms with van der Waals surface area (Å²) in [5.74, 6) is -1.25. The second kappa shape index (κ2) is 9.17. The third kappa shape index (κ3) is 5.00. The van der Waals surface area contributed by atoms with E-state index in [4.69, 9.17) is 4.74 Å². The van der Waals surface area contributed by atoms with Crippen molar-refractivity contribution in [3.63, 3.8) is 0 Å². The molecule has 1 atom stereocenters. The zero-order valence-electron chi connectivity index (χ0n) is 17.0. The summed E-state index contributed by atoms with van der Waals surface area (Å²) in [6.07, 6.45) is -0.975. The molecule has 2 N–H and O–H groups in total. The first kappa shape index (κ1) is 21.0. The molecule has 0 aliphatic rings. The Bertz CT molecular complexity index is 1040. The van der Waals surface area contributed by atoms with Crippen LogP contribution in [0.25, 0.3) is 11.3 Å². The third-order valence-electron chi connectivity index (χ3n) is 4.48. The van der Waals surface area contributed by atoms with E-state index in [1.54, 1.807) is 44.2 Å². The summed E-state index contributed by atoms with van der Waals surface area (Å²) < 4.78 is 5.30. The van der Waals surface area contributed by atoms with Gasteiger partial charge in [-0.05, 0) is 37.3 Å². The van der Waals surface area contributed by atoms with Crippen LogP contribution in [0.1, 0.15) is 41.6 Å². The fourth-order valence-electron chi connectivity index (χ4n) is 2.70. The number of ketones is 1. The van der Waals surface area contributed by atoms with E-state index in [1.165, 1.54) is 6.92 Å². The largest absolute Gasteiger partial charge is 0.450 e. The summed E-state index contributed by atoms with van der Waals surface area (Å²) in [7, 11) is 0. The normalized spacial score (nSPS) is 11.7. The van der Waals surface area contributed by atoms with Crippen molar-refractivity contribution in [2.24, 2.45) is 5.92 Å². The highest BCUT2D eigenvalue weighted by atomic mass is 16.5. The Labute approximate surface area is 174 Å². The second-order valence-corrected chi connectivity index (χ2v) is 7.17. The molecular formula is C23H23N3O4. The Morgan fingerprint density at radius 1 is 0.967 bits per heavy atom. The summed E-state index contributed by atoms with van der Waals surface area (Å²) in [4.78, 5) is 36.7. The number of anilines is 1. The van der Waals surface area contributed by atoms with E-state index in [1.807, 2.05) is 30.3 Å². The molecule has 2 aromatic carbocycles. The quantitative estimate of drug-likeness (QED) is 0.455. The van der Waals surface area contributed by atoms with Gasteiger partial charge in [-0.2, -0.15) is 5.10 Å². The predicted molar refractivity (Wildman–Crippen MR) is 113 cm³/mol. The van der Waals surface area contributed by atoms with Gasteiger partial charge in [0.2, 0.25) is 11.7 Å². The van der Waals surface area contributed by atoms with Gasteiger partial charge in [-0.1, -0.05) is 44.2 Å². The smallest absolute Gasteiger partial charge is 0.357 e. The van der Waals surface area contributed by atoms with Crippen molar-refractivity contribution in [2.75, 3.05) is 5.32 Å². The van der Waals surface area contributed by atoms with Crippen LogP contribution in [0.3, 0.4) is 0 Å². The van der Waals surface area contributed by atoms with Crippen LogP contribution in [-0.2, 0) is 9.53 Å². The highest BCUT2D eigenvalue weighted by molar-refractivity contribution is 6.02. The number of Topliss-reactive ketones (excluding diaryl/α,β-unsaturated/α-hetero) is 1. The molecule has 1 aromatic heterocycles. The summed E-state index contributed by atoms with van der Waals surface area (Å²) in [5.41, 5.74) is 2.62. The Hall–Kier alpha value is -3.74. The molecule has 154 valence electrons. The number of benzene rings is 2. The van der Waals surface area contributed by atoms with Crippen LogP contribution >= 0.6 is 0 Å². The van der Waals surface area contributed by atoms with Gasteiger partial charge >= 0.3 is 5.97 Å². The van der Waals surface area contributed by atoms with Crippen LogP contribution in [-0.4, -0.2) is 34.0 Å². The minimum Gasteiger partial charge on any atom is -0.450 e. The minimum atomic E-state index is -0.975. The van der Waals surface area contributed by atoms with E-state index >= 15 is 0 Å². The molecule has 1 amide bonds. The van der Waals surface area contributed by atoms with E-state index in [9.17, 15) is 14.4 Å². The first-order chi connectivity index (χ1) is 14.3. The highest BCUT2D eigenvalue weighted by Crippen LogP contribution is 2.18. The van der Waals surface area contributed by atoms with Crippen LogP contribution in [0.4, 0.5) is 5.69 Å². The molecule has 3 aromatic rings. The number of hydrogen-bond donors (Lipinski definition) is 2. The lowest BCUT2D eigenvalue weighted by molar-refractivity contribution is -0.118. The summed E-state index contributed by atoms with van der Waals surface area (Å²) in [6.45, 7) is 5.11. The third-order valence-corrected chi connectivity index (χ3v) is 4.48. The number of nitrogens with one attached hydrogen (secondary N) is 2. The Kier molecular flexibility index (Phi) is 6.41. The molecule has 3 rings (SSSR count). The average molecular weight is 405 g/mol.